The van der Waals surface area contributed by atoms with Crippen LogP contribution in [0.25, 0.3) is 0 Å². The molecule has 0 aliphatic heterocycles. The fourth-order valence-corrected chi connectivity index (χ4v) is 4.92. The van der Waals surface area contributed by atoms with Crippen LogP contribution in [-0.4, -0.2) is 42.1 Å². The van der Waals surface area contributed by atoms with Gasteiger partial charge in [0.05, 0.1) is 0 Å². The average Bonchev–Trinajstić information content (AvgIpc) is 3.05. The molecule has 0 saturated heterocycles. The topological polar surface area (TPSA) is 89.9 Å². The molecule has 1 atom stereocenters. The van der Waals surface area contributed by atoms with Crippen molar-refractivity contribution in [1.29, 1.82) is 0 Å². The molecule has 0 bridgehead atoms. The number of carbonyl (C=O) groups is 3. The lowest BCUT2D eigenvalue weighted by Gasteiger charge is -2.12. The molecular weight excluding hydrogens is 576 g/mol. The van der Waals surface area contributed by atoms with Crippen molar-refractivity contribution in [1.82, 2.24) is 0 Å². The Morgan fingerprint density at radius 1 is 0.522 bits per heavy atom. The number of carbonyl (C=O) groups excluding carboxylic acids is 3. The van der Waals surface area contributed by atoms with Crippen LogP contribution in [0, 0.1) is 0 Å². The van der Waals surface area contributed by atoms with Crippen LogP contribution in [0.15, 0.2) is 48.6 Å². The van der Waals surface area contributed by atoms with Gasteiger partial charge in [-0.2, -0.15) is 0 Å². The maximum Gasteiger partial charge on any atom is 0.305 e. The number of allylic oxidation sites excluding steroid dienone is 8. The lowest BCUT2D eigenvalue weighted by molar-refractivity contribution is -0.152. The Bertz CT molecular complexity index is 841. The Morgan fingerprint density at radius 3 is 1.52 bits per heavy atom. The number of ketones is 1. The standard InChI is InChI=1S/C40H68O6/c1-3-5-7-8-9-10-11-12-13-16-19-22-25-29-33-39(43)45-35-38(42)36-46-40(44)34-30-26-23-20-17-14-15-18-21-24-28-32-37(41)31-27-6-4-2/h14-15,20-21,23-24,28,32,38,42H,3-13,16-19,22,25-27,29-31,33-36H2,1-2H3/b15-14-,23-20-,24-21-,32-28+/t38-/m0/s1. The first-order chi connectivity index (χ1) is 22.5. The molecule has 0 aromatic carbocycles. The summed E-state index contributed by atoms with van der Waals surface area (Å²) in [5, 5.41) is 9.98. The molecule has 0 aromatic rings. The van der Waals surface area contributed by atoms with Crippen LogP contribution in [0.1, 0.15) is 168 Å². The number of aliphatic hydroxyl groups excluding tert-OH is 1. The maximum absolute atomic E-state index is 11.9. The fourth-order valence-electron chi connectivity index (χ4n) is 4.92. The van der Waals surface area contributed by atoms with Gasteiger partial charge in [0.1, 0.15) is 19.3 Å². The summed E-state index contributed by atoms with van der Waals surface area (Å²) in [6.45, 7) is 4.08. The predicted octanol–water partition coefficient (Wildman–Crippen LogP) is 10.6. The van der Waals surface area contributed by atoms with Crippen LogP contribution in [0.4, 0.5) is 0 Å². The highest BCUT2D eigenvalue weighted by Crippen LogP contribution is 2.13. The van der Waals surface area contributed by atoms with Crippen molar-refractivity contribution >= 4 is 17.7 Å². The first-order valence-corrected chi connectivity index (χ1v) is 18.6. The second-order valence-electron chi connectivity index (χ2n) is 12.4. The van der Waals surface area contributed by atoms with E-state index in [-0.39, 0.29) is 37.4 Å². The van der Waals surface area contributed by atoms with E-state index in [1.807, 2.05) is 24.3 Å². The van der Waals surface area contributed by atoms with Gasteiger partial charge in [0.25, 0.3) is 0 Å². The highest BCUT2D eigenvalue weighted by atomic mass is 16.6. The Balaban J connectivity index is 3.60. The summed E-state index contributed by atoms with van der Waals surface area (Å²) in [7, 11) is 0. The molecule has 0 aliphatic rings. The monoisotopic (exact) mass is 645 g/mol. The summed E-state index contributed by atoms with van der Waals surface area (Å²) >= 11 is 0. The Morgan fingerprint density at radius 2 is 0.957 bits per heavy atom. The number of esters is 2. The third kappa shape index (κ3) is 34.4. The molecule has 46 heavy (non-hydrogen) atoms. The van der Waals surface area contributed by atoms with E-state index >= 15 is 0 Å². The molecule has 0 saturated carbocycles. The fraction of sp³-hybridized carbons (Fsp3) is 0.725. The van der Waals surface area contributed by atoms with Gasteiger partial charge in [-0.05, 0) is 44.6 Å². The van der Waals surface area contributed by atoms with E-state index in [0.29, 0.717) is 19.3 Å². The number of hydrogen-bond donors (Lipinski definition) is 1. The SMILES string of the molecule is CCCCCCCCCCCCCCCCC(=O)OC[C@H](O)COC(=O)CCC/C=C\C/C=C\C/C=C\C=C\C(=O)CCCCC. The van der Waals surface area contributed by atoms with Gasteiger partial charge >= 0.3 is 11.9 Å². The largest absolute Gasteiger partial charge is 0.463 e. The molecule has 1 N–H and O–H groups in total. The number of ether oxygens (including phenoxy) is 2. The third-order valence-electron chi connectivity index (χ3n) is 7.79. The smallest absolute Gasteiger partial charge is 0.305 e. The molecule has 0 amide bonds. The summed E-state index contributed by atoms with van der Waals surface area (Å²) < 4.78 is 10.2. The van der Waals surface area contributed by atoms with Gasteiger partial charge in [-0.25, -0.2) is 0 Å². The van der Waals surface area contributed by atoms with Gasteiger partial charge in [-0.3, -0.25) is 14.4 Å². The molecule has 0 fully saturated rings. The molecule has 0 radical (unpaired) electrons. The van der Waals surface area contributed by atoms with Crippen LogP contribution in [0.5, 0.6) is 0 Å². The van der Waals surface area contributed by atoms with Crippen molar-refractivity contribution in [2.45, 2.75) is 174 Å². The van der Waals surface area contributed by atoms with Crippen molar-refractivity contribution in [3.8, 4) is 0 Å². The number of hydrogen-bond acceptors (Lipinski definition) is 6. The van der Waals surface area contributed by atoms with Crippen molar-refractivity contribution < 1.29 is 29.0 Å². The molecule has 0 spiro atoms. The zero-order chi connectivity index (χ0) is 33.8. The summed E-state index contributed by atoms with van der Waals surface area (Å²) in [4.78, 5) is 35.5. The van der Waals surface area contributed by atoms with E-state index in [1.54, 1.807) is 6.08 Å². The molecule has 6 heteroatoms. The average molecular weight is 645 g/mol. The van der Waals surface area contributed by atoms with Crippen molar-refractivity contribution in [2.24, 2.45) is 0 Å². The van der Waals surface area contributed by atoms with E-state index in [0.717, 1.165) is 57.8 Å². The van der Waals surface area contributed by atoms with Gasteiger partial charge in [-0.1, -0.05) is 153 Å². The summed E-state index contributed by atoms with van der Waals surface area (Å²) in [5.41, 5.74) is 0. The van der Waals surface area contributed by atoms with E-state index in [2.05, 4.69) is 32.1 Å². The minimum Gasteiger partial charge on any atom is -0.463 e. The van der Waals surface area contributed by atoms with Crippen LogP contribution < -0.4 is 0 Å². The normalized spacial score (nSPS) is 12.6. The van der Waals surface area contributed by atoms with Crippen LogP contribution in [0.2, 0.25) is 0 Å². The number of aliphatic hydroxyl groups is 1. The molecule has 264 valence electrons. The minimum atomic E-state index is -1.00. The molecular formula is C40H68O6. The van der Waals surface area contributed by atoms with Gasteiger partial charge in [0, 0.05) is 19.3 Å². The highest BCUT2D eigenvalue weighted by molar-refractivity contribution is 5.89. The van der Waals surface area contributed by atoms with Crippen LogP contribution in [-0.2, 0) is 23.9 Å². The van der Waals surface area contributed by atoms with Gasteiger partial charge in [0.15, 0.2) is 5.78 Å². The highest BCUT2D eigenvalue weighted by Gasteiger charge is 2.12. The first kappa shape index (κ1) is 43.5. The minimum absolute atomic E-state index is 0.147. The van der Waals surface area contributed by atoms with Crippen molar-refractivity contribution in [2.75, 3.05) is 13.2 Å². The molecule has 0 aliphatic carbocycles. The Hall–Kier alpha value is -2.47. The second-order valence-corrected chi connectivity index (χ2v) is 12.4. The quantitative estimate of drug-likeness (QED) is 0.0251. The maximum atomic E-state index is 11.9. The van der Waals surface area contributed by atoms with Gasteiger partial charge in [-0.15, -0.1) is 0 Å². The molecule has 0 rings (SSSR count). The zero-order valence-electron chi connectivity index (χ0n) is 29.6. The summed E-state index contributed by atoms with van der Waals surface area (Å²) in [6.07, 6.45) is 40.0. The first-order valence-electron chi connectivity index (χ1n) is 18.6. The lowest BCUT2D eigenvalue weighted by atomic mass is 10.0. The summed E-state index contributed by atoms with van der Waals surface area (Å²) in [5.74, 6) is -0.474. The van der Waals surface area contributed by atoms with Crippen molar-refractivity contribution in [3.63, 3.8) is 0 Å². The van der Waals surface area contributed by atoms with Crippen molar-refractivity contribution in [3.05, 3.63) is 48.6 Å². The summed E-state index contributed by atoms with van der Waals surface area (Å²) in [6, 6.07) is 0. The van der Waals surface area contributed by atoms with E-state index in [4.69, 9.17) is 9.47 Å². The van der Waals surface area contributed by atoms with Gasteiger partial charge in [0.2, 0.25) is 0 Å². The van der Waals surface area contributed by atoms with Crippen LogP contribution >= 0.6 is 0 Å². The van der Waals surface area contributed by atoms with E-state index in [9.17, 15) is 19.5 Å². The zero-order valence-corrected chi connectivity index (χ0v) is 29.6. The van der Waals surface area contributed by atoms with Gasteiger partial charge < -0.3 is 14.6 Å². The number of rotatable bonds is 33. The second kappa shape index (κ2) is 35.4. The van der Waals surface area contributed by atoms with Crippen LogP contribution in [0.3, 0.4) is 0 Å². The molecule has 0 unspecified atom stereocenters. The molecule has 0 aromatic heterocycles. The Labute approximate surface area is 282 Å². The van der Waals surface area contributed by atoms with E-state index < -0.39 is 6.10 Å². The molecule has 6 nitrogen and oxygen atoms in total. The lowest BCUT2D eigenvalue weighted by Crippen LogP contribution is -2.25. The third-order valence-corrected chi connectivity index (χ3v) is 7.79. The predicted molar refractivity (Wildman–Crippen MR) is 192 cm³/mol. The Kier molecular flexibility index (Phi) is 33.5. The van der Waals surface area contributed by atoms with E-state index in [1.165, 1.54) is 70.6 Å². The molecule has 0 heterocycles. The number of unbranched alkanes of at least 4 members (excludes halogenated alkanes) is 16.